The summed E-state index contributed by atoms with van der Waals surface area (Å²) in [5.41, 5.74) is 0.938. The van der Waals surface area contributed by atoms with Crippen LogP contribution in [0.1, 0.15) is 51.1 Å². The summed E-state index contributed by atoms with van der Waals surface area (Å²) in [5, 5.41) is 3.51. The van der Waals surface area contributed by atoms with Gasteiger partial charge in [-0.25, -0.2) is 4.39 Å². The molecule has 0 spiro atoms. The van der Waals surface area contributed by atoms with Crippen molar-refractivity contribution in [2.45, 2.75) is 51.6 Å². The molecule has 0 bridgehead atoms. The largest absolute Gasteiger partial charge is 0.466 e. The summed E-state index contributed by atoms with van der Waals surface area (Å²) in [5.74, 6) is -0.299. The number of carbonyl (C=O) groups is 1. The topological polar surface area (TPSA) is 38.3 Å². The Hall–Kier alpha value is -1.42. The molecule has 0 radical (unpaired) electrons. The predicted molar refractivity (Wildman–Crippen MR) is 80.3 cm³/mol. The van der Waals surface area contributed by atoms with Crippen LogP contribution >= 0.6 is 0 Å². The highest BCUT2D eigenvalue weighted by molar-refractivity contribution is 5.72. The maximum atomic E-state index is 13.3. The fraction of sp³-hybridized carbons (Fsp3) is 0.588. The molecule has 0 amide bonds. The molecule has 3 nitrogen and oxygen atoms in total. The summed E-state index contributed by atoms with van der Waals surface area (Å²) in [6.07, 6.45) is 3.79. The number of ether oxygens (including phenoxy) is 1. The molecule has 1 saturated carbocycles. The predicted octanol–water partition coefficient (Wildman–Crippen LogP) is 3.60. The van der Waals surface area contributed by atoms with Gasteiger partial charge in [-0.1, -0.05) is 18.6 Å². The molecule has 116 valence electrons. The van der Waals surface area contributed by atoms with Crippen molar-refractivity contribution in [3.63, 3.8) is 0 Å². The molecule has 3 unspecified atom stereocenters. The third-order valence-electron chi connectivity index (χ3n) is 4.13. The van der Waals surface area contributed by atoms with Crippen LogP contribution in [0.3, 0.4) is 0 Å². The molecule has 2 rings (SSSR count). The molecule has 1 fully saturated rings. The van der Waals surface area contributed by atoms with Gasteiger partial charge in [-0.05, 0) is 50.8 Å². The number of hydrogen-bond donors (Lipinski definition) is 1. The first-order chi connectivity index (χ1) is 10.1. The van der Waals surface area contributed by atoms with E-state index < -0.39 is 0 Å². The molecule has 1 N–H and O–H groups in total. The molecular weight excluding hydrogens is 269 g/mol. The number of carbonyl (C=O) groups excluding carboxylic acids is 1. The van der Waals surface area contributed by atoms with Gasteiger partial charge in [0, 0.05) is 12.1 Å². The van der Waals surface area contributed by atoms with Crippen LogP contribution in [0.15, 0.2) is 24.3 Å². The van der Waals surface area contributed by atoms with Crippen molar-refractivity contribution in [2.24, 2.45) is 5.92 Å². The minimum Gasteiger partial charge on any atom is -0.466 e. The molecule has 0 heterocycles. The molecule has 1 aliphatic carbocycles. The number of esters is 1. The van der Waals surface area contributed by atoms with E-state index in [1.165, 1.54) is 6.07 Å². The zero-order chi connectivity index (χ0) is 15.2. The quantitative estimate of drug-likeness (QED) is 0.843. The Morgan fingerprint density at radius 2 is 2.29 bits per heavy atom. The van der Waals surface area contributed by atoms with Gasteiger partial charge < -0.3 is 10.1 Å². The van der Waals surface area contributed by atoms with E-state index in [-0.39, 0.29) is 29.8 Å². The van der Waals surface area contributed by atoms with Crippen LogP contribution in [-0.4, -0.2) is 18.6 Å². The van der Waals surface area contributed by atoms with Crippen LogP contribution in [-0.2, 0) is 9.53 Å². The van der Waals surface area contributed by atoms with Crippen molar-refractivity contribution >= 4 is 5.97 Å². The average molecular weight is 293 g/mol. The monoisotopic (exact) mass is 293 g/mol. The van der Waals surface area contributed by atoms with E-state index in [0.717, 1.165) is 31.2 Å². The maximum absolute atomic E-state index is 13.3. The number of nitrogens with one attached hydrogen (secondary N) is 1. The van der Waals surface area contributed by atoms with Gasteiger partial charge in [-0.15, -0.1) is 0 Å². The van der Waals surface area contributed by atoms with E-state index >= 15 is 0 Å². The van der Waals surface area contributed by atoms with Gasteiger partial charge in [0.25, 0.3) is 0 Å². The number of hydrogen-bond acceptors (Lipinski definition) is 3. The first-order valence-corrected chi connectivity index (χ1v) is 7.78. The van der Waals surface area contributed by atoms with E-state index in [4.69, 9.17) is 4.74 Å². The van der Waals surface area contributed by atoms with E-state index in [1.54, 1.807) is 12.1 Å². The number of rotatable bonds is 5. The average Bonchev–Trinajstić information content (AvgIpc) is 2.48. The summed E-state index contributed by atoms with van der Waals surface area (Å²) in [4.78, 5) is 11.8. The molecule has 1 aromatic carbocycles. The van der Waals surface area contributed by atoms with Gasteiger partial charge in [0.2, 0.25) is 0 Å². The number of halogens is 1. The second-order valence-electron chi connectivity index (χ2n) is 5.76. The van der Waals surface area contributed by atoms with Crippen LogP contribution < -0.4 is 5.32 Å². The van der Waals surface area contributed by atoms with Crippen LogP contribution in [0, 0.1) is 11.7 Å². The maximum Gasteiger partial charge on any atom is 0.308 e. The lowest BCUT2D eigenvalue weighted by atomic mass is 9.85. The van der Waals surface area contributed by atoms with Crippen LogP contribution in [0.2, 0.25) is 0 Å². The third kappa shape index (κ3) is 4.53. The van der Waals surface area contributed by atoms with E-state index in [2.05, 4.69) is 5.32 Å². The molecule has 0 saturated heterocycles. The lowest BCUT2D eigenvalue weighted by molar-refractivity contribution is -0.149. The first-order valence-electron chi connectivity index (χ1n) is 7.78. The fourth-order valence-corrected chi connectivity index (χ4v) is 3.04. The highest BCUT2D eigenvalue weighted by Crippen LogP contribution is 2.27. The van der Waals surface area contributed by atoms with Crippen molar-refractivity contribution in [1.82, 2.24) is 5.32 Å². The van der Waals surface area contributed by atoms with Crippen molar-refractivity contribution in [3.8, 4) is 0 Å². The molecular formula is C17H24FNO2. The zero-order valence-corrected chi connectivity index (χ0v) is 12.8. The van der Waals surface area contributed by atoms with Gasteiger partial charge in [-0.3, -0.25) is 4.79 Å². The summed E-state index contributed by atoms with van der Waals surface area (Å²) >= 11 is 0. The Morgan fingerprint density at radius 1 is 1.48 bits per heavy atom. The van der Waals surface area contributed by atoms with E-state index in [9.17, 15) is 9.18 Å². The molecule has 3 atom stereocenters. The number of benzene rings is 1. The van der Waals surface area contributed by atoms with E-state index in [1.807, 2.05) is 19.9 Å². The molecule has 1 aliphatic rings. The van der Waals surface area contributed by atoms with Gasteiger partial charge in [0.05, 0.1) is 12.5 Å². The standard InChI is InChI=1S/C17H24FNO2/c1-3-21-17(20)14-7-5-9-16(11-14)19-12(2)13-6-4-8-15(18)10-13/h4,6,8,10,12,14,16,19H,3,5,7,9,11H2,1-2H3. The lowest BCUT2D eigenvalue weighted by Gasteiger charge is -2.31. The molecule has 1 aromatic rings. The Balaban J connectivity index is 1.91. The van der Waals surface area contributed by atoms with Crippen molar-refractivity contribution in [1.29, 1.82) is 0 Å². The van der Waals surface area contributed by atoms with Gasteiger partial charge in [0.1, 0.15) is 5.82 Å². The molecule has 0 aliphatic heterocycles. The van der Waals surface area contributed by atoms with Gasteiger partial charge in [0.15, 0.2) is 0 Å². The first kappa shape index (κ1) is 16.0. The summed E-state index contributed by atoms with van der Waals surface area (Å²) in [7, 11) is 0. The molecule has 4 heteroatoms. The van der Waals surface area contributed by atoms with Crippen LogP contribution in [0.25, 0.3) is 0 Å². The van der Waals surface area contributed by atoms with Crippen molar-refractivity contribution in [3.05, 3.63) is 35.6 Å². The zero-order valence-electron chi connectivity index (χ0n) is 12.8. The van der Waals surface area contributed by atoms with Gasteiger partial charge in [-0.2, -0.15) is 0 Å². The van der Waals surface area contributed by atoms with Crippen LogP contribution in [0.5, 0.6) is 0 Å². The lowest BCUT2D eigenvalue weighted by Crippen LogP contribution is -2.38. The smallest absolute Gasteiger partial charge is 0.308 e. The Kier molecular flexibility index (Phi) is 5.74. The summed E-state index contributed by atoms with van der Waals surface area (Å²) in [6, 6.07) is 7.02. The van der Waals surface area contributed by atoms with E-state index in [0.29, 0.717) is 6.61 Å². The Morgan fingerprint density at radius 3 is 3.00 bits per heavy atom. The van der Waals surface area contributed by atoms with Gasteiger partial charge >= 0.3 is 5.97 Å². The molecule has 21 heavy (non-hydrogen) atoms. The second-order valence-corrected chi connectivity index (χ2v) is 5.76. The second kappa shape index (κ2) is 7.55. The Labute approximate surface area is 125 Å². The SMILES string of the molecule is CCOC(=O)C1CCCC(NC(C)c2cccc(F)c2)C1. The normalized spacial score (nSPS) is 23.6. The minimum atomic E-state index is -0.214. The summed E-state index contributed by atoms with van der Waals surface area (Å²) < 4.78 is 18.4. The van der Waals surface area contributed by atoms with Crippen molar-refractivity contribution < 1.29 is 13.9 Å². The minimum absolute atomic E-state index is 0.00379. The van der Waals surface area contributed by atoms with Crippen molar-refractivity contribution in [2.75, 3.05) is 6.61 Å². The van der Waals surface area contributed by atoms with Crippen LogP contribution in [0.4, 0.5) is 4.39 Å². The summed E-state index contributed by atoms with van der Waals surface area (Å²) in [6.45, 7) is 4.30. The highest BCUT2D eigenvalue weighted by atomic mass is 19.1. The Bertz CT molecular complexity index is 478. The molecule has 0 aromatic heterocycles. The third-order valence-corrected chi connectivity index (χ3v) is 4.13. The fourth-order valence-electron chi connectivity index (χ4n) is 3.04. The highest BCUT2D eigenvalue weighted by Gasteiger charge is 2.28.